The maximum Gasteiger partial charge on any atom is 0.147 e. The van der Waals surface area contributed by atoms with Crippen molar-refractivity contribution in [2.75, 3.05) is 5.75 Å². The molecule has 0 saturated heterocycles. The van der Waals surface area contributed by atoms with Gasteiger partial charge in [0.2, 0.25) is 0 Å². The summed E-state index contributed by atoms with van der Waals surface area (Å²) in [6.07, 6.45) is 1.78. The highest BCUT2D eigenvalue weighted by molar-refractivity contribution is 7.99. The molecule has 1 N–H and O–H groups in total. The van der Waals surface area contributed by atoms with Gasteiger partial charge in [0.1, 0.15) is 5.82 Å². The zero-order chi connectivity index (χ0) is 12.1. The first kappa shape index (κ1) is 12.1. The third-order valence-corrected chi connectivity index (χ3v) is 3.40. The molecule has 1 aromatic heterocycles. The summed E-state index contributed by atoms with van der Waals surface area (Å²) in [5, 5.41) is 9.87. The molecule has 0 bridgehead atoms. The van der Waals surface area contributed by atoms with Crippen molar-refractivity contribution in [1.82, 2.24) is 4.98 Å². The lowest BCUT2D eigenvalue weighted by molar-refractivity contribution is 0.198. The van der Waals surface area contributed by atoms with E-state index in [4.69, 9.17) is 0 Å². The Bertz CT molecular complexity index is 478. The summed E-state index contributed by atoms with van der Waals surface area (Å²) in [5.41, 5.74) is 0.295. The molecule has 1 atom stereocenters. The Kier molecular flexibility index (Phi) is 4.12. The number of hydrogen-bond acceptors (Lipinski definition) is 3. The van der Waals surface area contributed by atoms with E-state index in [0.29, 0.717) is 11.3 Å². The van der Waals surface area contributed by atoms with Gasteiger partial charge in [0.05, 0.1) is 12.3 Å². The van der Waals surface area contributed by atoms with Crippen LogP contribution in [0.15, 0.2) is 53.7 Å². The van der Waals surface area contributed by atoms with E-state index in [0.717, 1.165) is 11.1 Å². The van der Waals surface area contributed by atoms with Crippen molar-refractivity contribution >= 4 is 11.8 Å². The van der Waals surface area contributed by atoms with Gasteiger partial charge in [0.25, 0.3) is 0 Å². The topological polar surface area (TPSA) is 33.1 Å². The maximum atomic E-state index is 13.3. The van der Waals surface area contributed by atoms with E-state index in [2.05, 4.69) is 4.98 Å². The lowest BCUT2D eigenvalue weighted by Gasteiger charge is -2.10. The van der Waals surface area contributed by atoms with E-state index in [1.807, 2.05) is 30.3 Å². The van der Waals surface area contributed by atoms with Crippen LogP contribution in [0.5, 0.6) is 0 Å². The van der Waals surface area contributed by atoms with Crippen molar-refractivity contribution in [3.63, 3.8) is 0 Å². The zero-order valence-corrected chi connectivity index (χ0v) is 9.90. The Morgan fingerprint density at radius 1 is 1.24 bits per heavy atom. The zero-order valence-electron chi connectivity index (χ0n) is 9.08. The van der Waals surface area contributed by atoms with Crippen molar-refractivity contribution in [3.8, 4) is 0 Å². The summed E-state index contributed by atoms with van der Waals surface area (Å²) < 4.78 is 13.3. The Labute approximate surface area is 104 Å². The Balaban J connectivity index is 1.99. The molecular formula is C13H12FNOS. The lowest BCUT2D eigenvalue weighted by atomic mass is 10.2. The smallest absolute Gasteiger partial charge is 0.147 e. The number of pyridine rings is 1. The van der Waals surface area contributed by atoms with Crippen LogP contribution in [0.3, 0.4) is 0 Å². The Hall–Kier alpha value is -1.39. The van der Waals surface area contributed by atoms with Crippen molar-refractivity contribution in [2.45, 2.75) is 11.0 Å². The summed E-state index contributed by atoms with van der Waals surface area (Å²) in [7, 11) is 0. The molecule has 1 aromatic carbocycles. The highest BCUT2D eigenvalue weighted by Crippen LogP contribution is 2.25. The molecule has 0 spiro atoms. The van der Waals surface area contributed by atoms with Crippen LogP contribution in [0.4, 0.5) is 4.39 Å². The normalized spacial score (nSPS) is 12.4. The Morgan fingerprint density at radius 3 is 2.71 bits per heavy atom. The largest absolute Gasteiger partial charge is 0.387 e. The van der Waals surface area contributed by atoms with Gasteiger partial charge in [-0.25, -0.2) is 4.39 Å². The molecule has 1 heterocycles. The maximum absolute atomic E-state index is 13.3. The molecule has 88 valence electrons. The van der Waals surface area contributed by atoms with Gasteiger partial charge in [-0.05, 0) is 18.2 Å². The average Bonchev–Trinajstić information content (AvgIpc) is 2.38. The second-order valence-electron chi connectivity index (χ2n) is 3.54. The molecule has 2 aromatic rings. The number of hydrogen-bond donors (Lipinski definition) is 1. The van der Waals surface area contributed by atoms with Crippen molar-refractivity contribution < 1.29 is 9.50 Å². The fraction of sp³-hybridized carbons (Fsp3) is 0.154. The second-order valence-corrected chi connectivity index (χ2v) is 4.63. The van der Waals surface area contributed by atoms with E-state index in [1.165, 1.54) is 24.0 Å². The fourth-order valence-electron chi connectivity index (χ4n) is 1.44. The minimum Gasteiger partial charge on any atom is -0.387 e. The van der Waals surface area contributed by atoms with E-state index < -0.39 is 11.9 Å². The van der Waals surface area contributed by atoms with Crippen LogP contribution < -0.4 is 0 Å². The fourth-order valence-corrected chi connectivity index (χ4v) is 2.32. The number of halogens is 1. The van der Waals surface area contributed by atoms with Crippen LogP contribution in [0.25, 0.3) is 0 Å². The van der Waals surface area contributed by atoms with Gasteiger partial charge < -0.3 is 5.11 Å². The van der Waals surface area contributed by atoms with Crippen LogP contribution in [0.2, 0.25) is 0 Å². The van der Waals surface area contributed by atoms with Crippen molar-refractivity contribution in [3.05, 3.63) is 60.2 Å². The molecule has 0 aliphatic carbocycles. The minimum atomic E-state index is -0.816. The molecule has 2 rings (SSSR count). The second kappa shape index (κ2) is 5.80. The van der Waals surface area contributed by atoms with Gasteiger partial charge >= 0.3 is 0 Å². The molecule has 0 radical (unpaired) electrons. The Morgan fingerprint density at radius 2 is 2.00 bits per heavy atom. The van der Waals surface area contributed by atoms with Crippen molar-refractivity contribution in [2.24, 2.45) is 0 Å². The number of rotatable bonds is 4. The number of benzene rings is 1. The van der Waals surface area contributed by atoms with Gasteiger partial charge in [0.15, 0.2) is 0 Å². The molecule has 4 heteroatoms. The van der Waals surface area contributed by atoms with Crippen LogP contribution >= 0.6 is 11.8 Å². The number of nitrogens with zero attached hydrogens (tertiary/aromatic N) is 1. The van der Waals surface area contributed by atoms with Crippen LogP contribution in [-0.2, 0) is 0 Å². The monoisotopic (exact) mass is 249 g/mol. The summed E-state index contributed by atoms with van der Waals surface area (Å²) in [6.45, 7) is 0. The third kappa shape index (κ3) is 3.28. The first-order valence-electron chi connectivity index (χ1n) is 5.22. The van der Waals surface area contributed by atoms with E-state index in [1.54, 1.807) is 0 Å². The standard InChI is InChI=1S/C13H12FNOS/c14-12-8-15-7-6-11(12)13(16)9-17-10-4-2-1-3-5-10/h1-8,13,16H,9H2. The summed E-state index contributed by atoms with van der Waals surface area (Å²) >= 11 is 1.49. The summed E-state index contributed by atoms with van der Waals surface area (Å²) in [6, 6.07) is 11.2. The highest BCUT2D eigenvalue weighted by Gasteiger charge is 2.12. The average molecular weight is 249 g/mol. The van der Waals surface area contributed by atoms with Gasteiger partial charge in [-0.15, -0.1) is 11.8 Å². The highest BCUT2D eigenvalue weighted by atomic mass is 32.2. The quantitative estimate of drug-likeness (QED) is 0.845. The van der Waals surface area contributed by atoms with Gasteiger partial charge in [-0.1, -0.05) is 18.2 Å². The number of aliphatic hydroxyl groups excluding tert-OH is 1. The first-order valence-corrected chi connectivity index (χ1v) is 6.21. The predicted molar refractivity (Wildman–Crippen MR) is 66.3 cm³/mol. The van der Waals surface area contributed by atoms with Crippen LogP contribution in [-0.4, -0.2) is 15.8 Å². The lowest BCUT2D eigenvalue weighted by Crippen LogP contribution is -2.03. The van der Waals surface area contributed by atoms with Crippen LogP contribution in [0.1, 0.15) is 11.7 Å². The number of thioether (sulfide) groups is 1. The van der Waals surface area contributed by atoms with E-state index >= 15 is 0 Å². The molecule has 0 aliphatic heterocycles. The van der Waals surface area contributed by atoms with Gasteiger partial charge in [-0.3, -0.25) is 4.98 Å². The molecule has 0 amide bonds. The molecule has 2 nitrogen and oxygen atoms in total. The van der Waals surface area contributed by atoms with Gasteiger partial charge in [-0.2, -0.15) is 0 Å². The van der Waals surface area contributed by atoms with Gasteiger partial charge in [0, 0.05) is 22.4 Å². The van der Waals surface area contributed by atoms with E-state index in [9.17, 15) is 9.50 Å². The summed E-state index contributed by atoms with van der Waals surface area (Å²) in [5.74, 6) is -0.0426. The summed E-state index contributed by atoms with van der Waals surface area (Å²) in [4.78, 5) is 4.71. The third-order valence-electron chi connectivity index (χ3n) is 2.31. The predicted octanol–water partition coefficient (Wildman–Crippen LogP) is 3.05. The SMILES string of the molecule is OC(CSc1ccccc1)c1ccncc1F. The molecule has 1 unspecified atom stereocenters. The molecular weight excluding hydrogens is 237 g/mol. The first-order chi connectivity index (χ1) is 8.27. The minimum absolute atomic E-state index is 0.295. The molecule has 17 heavy (non-hydrogen) atoms. The van der Waals surface area contributed by atoms with E-state index in [-0.39, 0.29) is 0 Å². The van der Waals surface area contributed by atoms with Crippen LogP contribution in [0, 0.1) is 5.82 Å². The molecule has 0 aliphatic rings. The molecule has 0 fully saturated rings. The number of aromatic nitrogens is 1. The number of aliphatic hydroxyl groups is 1. The molecule has 0 saturated carbocycles. The van der Waals surface area contributed by atoms with Crippen molar-refractivity contribution in [1.29, 1.82) is 0 Å².